The lowest BCUT2D eigenvalue weighted by molar-refractivity contribution is 0.298. The molecule has 0 aromatic heterocycles. The van der Waals surface area contributed by atoms with Crippen molar-refractivity contribution in [1.29, 1.82) is 0 Å². The third-order valence-corrected chi connectivity index (χ3v) is 6.70. The lowest BCUT2D eigenvalue weighted by Crippen LogP contribution is -1.99. The molecule has 0 saturated heterocycles. The highest BCUT2D eigenvalue weighted by molar-refractivity contribution is 5.72. The molecule has 190 valence electrons. The van der Waals surface area contributed by atoms with Crippen LogP contribution in [0.3, 0.4) is 0 Å². The summed E-state index contributed by atoms with van der Waals surface area (Å²) in [5.41, 5.74) is 7.26. The number of unbranched alkanes of at least 4 members (excludes halogenated alkanes) is 1. The molecule has 0 aliphatic rings. The average Bonchev–Trinajstić information content (AvgIpc) is 2.99. The van der Waals surface area contributed by atoms with Crippen molar-refractivity contribution >= 4 is 0 Å². The third-order valence-electron chi connectivity index (χ3n) is 6.70. The number of hydrogen-bond donors (Lipinski definition) is 0. The molecule has 0 heterocycles. The van der Waals surface area contributed by atoms with E-state index < -0.39 is 0 Å². The Labute approximate surface area is 226 Å². The molecule has 2 heteroatoms. The highest BCUT2D eigenvalue weighted by Crippen LogP contribution is 2.35. The lowest BCUT2D eigenvalue weighted by Gasteiger charge is -2.15. The predicted octanol–water partition coefficient (Wildman–Crippen LogP) is 9.08. The molecule has 0 atom stereocenters. The first-order valence-corrected chi connectivity index (χ1v) is 13.4. The molecule has 0 aliphatic heterocycles. The highest BCUT2D eigenvalue weighted by Gasteiger charge is 2.11. The van der Waals surface area contributed by atoms with Gasteiger partial charge < -0.3 is 9.47 Å². The van der Waals surface area contributed by atoms with Crippen molar-refractivity contribution in [2.75, 3.05) is 0 Å². The van der Waals surface area contributed by atoms with Crippen LogP contribution in [0.4, 0.5) is 0 Å². The molecule has 0 saturated carbocycles. The van der Waals surface area contributed by atoms with E-state index in [0.29, 0.717) is 13.2 Å². The van der Waals surface area contributed by atoms with Crippen LogP contribution in [0.2, 0.25) is 0 Å². The number of benzene rings is 5. The Morgan fingerprint density at radius 1 is 0.421 bits per heavy atom. The van der Waals surface area contributed by atoms with Gasteiger partial charge in [0.25, 0.3) is 0 Å². The van der Waals surface area contributed by atoms with Gasteiger partial charge in [-0.15, -0.1) is 0 Å². The van der Waals surface area contributed by atoms with Gasteiger partial charge in [-0.1, -0.05) is 115 Å². The summed E-state index contributed by atoms with van der Waals surface area (Å²) < 4.78 is 12.5. The van der Waals surface area contributed by atoms with Gasteiger partial charge in [-0.3, -0.25) is 0 Å². The fourth-order valence-electron chi connectivity index (χ4n) is 4.62. The molecule has 2 nitrogen and oxygen atoms in total. The highest BCUT2D eigenvalue weighted by atomic mass is 16.5. The fourth-order valence-corrected chi connectivity index (χ4v) is 4.62. The van der Waals surface area contributed by atoms with Crippen LogP contribution in [0.5, 0.6) is 11.5 Å². The van der Waals surface area contributed by atoms with Crippen LogP contribution in [0.1, 0.15) is 35.1 Å². The van der Waals surface area contributed by atoms with Gasteiger partial charge in [-0.25, -0.2) is 0 Å². The zero-order valence-electron chi connectivity index (χ0n) is 21.8. The Balaban J connectivity index is 1.31. The van der Waals surface area contributed by atoms with Crippen LogP contribution in [0, 0.1) is 0 Å². The van der Waals surface area contributed by atoms with E-state index in [4.69, 9.17) is 9.47 Å². The number of ether oxygens (including phenoxy) is 2. The summed E-state index contributed by atoms with van der Waals surface area (Å²) in [6.07, 6.45) is 4.53. The van der Waals surface area contributed by atoms with Crippen molar-refractivity contribution in [3.05, 3.63) is 156 Å². The third kappa shape index (κ3) is 7.36. The van der Waals surface area contributed by atoms with Crippen molar-refractivity contribution in [1.82, 2.24) is 0 Å². The molecule has 0 fully saturated rings. The summed E-state index contributed by atoms with van der Waals surface area (Å²) in [5.74, 6) is 1.70. The lowest BCUT2D eigenvalue weighted by atomic mass is 9.98. The molecule has 38 heavy (non-hydrogen) atoms. The van der Waals surface area contributed by atoms with Crippen molar-refractivity contribution in [3.8, 4) is 22.6 Å². The Morgan fingerprint density at radius 2 is 0.974 bits per heavy atom. The summed E-state index contributed by atoms with van der Waals surface area (Å²) in [6, 6.07) is 46.3. The molecule has 0 aliphatic carbocycles. The smallest absolute Gasteiger partial charge is 0.127 e. The Hall–Kier alpha value is -4.30. The number of aryl methyl sites for hydroxylation is 2. The molecule has 0 bridgehead atoms. The van der Waals surface area contributed by atoms with Gasteiger partial charge in [-0.2, -0.15) is 0 Å². The van der Waals surface area contributed by atoms with Crippen LogP contribution in [0.15, 0.2) is 133 Å². The SMILES string of the molecule is c1ccc(CCCCc2cccc(-c3cc(OCc4ccccc4)ccc3OCc3ccccc3)c2)cc1. The topological polar surface area (TPSA) is 18.5 Å². The zero-order valence-corrected chi connectivity index (χ0v) is 21.8. The standard InChI is InChI=1S/C36H34O2/c1-4-13-29(14-5-1)15-10-11-16-30-21-12-22-33(25-30)35-26-34(37-27-31-17-6-2-7-18-31)23-24-36(35)38-28-32-19-8-3-9-20-32/h1-9,12-14,17-26H,10-11,15-16,27-28H2. The monoisotopic (exact) mass is 498 g/mol. The molecule has 0 N–H and O–H groups in total. The molecule has 5 aromatic carbocycles. The van der Waals surface area contributed by atoms with E-state index in [1.807, 2.05) is 48.5 Å². The van der Waals surface area contributed by atoms with Crippen LogP contribution >= 0.6 is 0 Å². The molecular formula is C36H34O2. The van der Waals surface area contributed by atoms with Crippen molar-refractivity contribution < 1.29 is 9.47 Å². The molecular weight excluding hydrogens is 464 g/mol. The van der Waals surface area contributed by atoms with E-state index >= 15 is 0 Å². The molecule has 0 amide bonds. The van der Waals surface area contributed by atoms with E-state index in [1.165, 1.54) is 17.5 Å². The summed E-state index contributed by atoms with van der Waals surface area (Å²) in [6.45, 7) is 1.06. The van der Waals surface area contributed by atoms with Crippen LogP contribution in [-0.4, -0.2) is 0 Å². The first kappa shape index (κ1) is 25.4. The molecule has 0 radical (unpaired) electrons. The maximum Gasteiger partial charge on any atom is 0.127 e. The van der Waals surface area contributed by atoms with E-state index in [-0.39, 0.29) is 0 Å². The predicted molar refractivity (Wildman–Crippen MR) is 157 cm³/mol. The maximum atomic E-state index is 6.33. The Kier molecular flexibility index (Phi) is 8.88. The van der Waals surface area contributed by atoms with Crippen molar-refractivity contribution in [3.63, 3.8) is 0 Å². The summed E-state index contributed by atoms with van der Waals surface area (Å²) in [5, 5.41) is 0. The van der Waals surface area contributed by atoms with Gasteiger partial charge in [0.15, 0.2) is 0 Å². The first-order chi connectivity index (χ1) is 18.8. The van der Waals surface area contributed by atoms with Gasteiger partial charge in [0, 0.05) is 5.56 Å². The second-order valence-electron chi connectivity index (χ2n) is 9.60. The molecule has 0 spiro atoms. The van der Waals surface area contributed by atoms with Gasteiger partial charge in [0.2, 0.25) is 0 Å². The van der Waals surface area contributed by atoms with Crippen molar-refractivity contribution in [2.24, 2.45) is 0 Å². The average molecular weight is 499 g/mol. The Morgan fingerprint density at radius 3 is 1.63 bits per heavy atom. The molecule has 5 aromatic rings. The fraction of sp³-hybridized carbons (Fsp3) is 0.167. The largest absolute Gasteiger partial charge is 0.489 e. The van der Waals surface area contributed by atoms with Crippen LogP contribution in [0.25, 0.3) is 11.1 Å². The minimum absolute atomic E-state index is 0.525. The number of rotatable bonds is 12. The summed E-state index contributed by atoms with van der Waals surface area (Å²) in [7, 11) is 0. The molecule has 0 unspecified atom stereocenters. The normalized spacial score (nSPS) is 10.7. The van der Waals surface area contributed by atoms with Crippen LogP contribution < -0.4 is 9.47 Å². The Bertz CT molecular complexity index is 1400. The van der Waals surface area contributed by atoms with Gasteiger partial charge in [0.05, 0.1) is 0 Å². The van der Waals surface area contributed by atoms with E-state index in [2.05, 4.69) is 84.9 Å². The number of hydrogen-bond acceptors (Lipinski definition) is 2. The zero-order chi connectivity index (χ0) is 25.8. The maximum absolute atomic E-state index is 6.33. The van der Waals surface area contributed by atoms with Gasteiger partial charge in [-0.05, 0) is 71.7 Å². The quantitative estimate of drug-likeness (QED) is 0.160. The minimum atomic E-state index is 0.525. The van der Waals surface area contributed by atoms with E-state index in [1.54, 1.807) is 0 Å². The van der Waals surface area contributed by atoms with Crippen LogP contribution in [-0.2, 0) is 26.1 Å². The first-order valence-electron chi connectivity index (χ1n) is 13.4. The molecule has 5 rings (SSSR count). The second kappa shape index (κ2) is 13.3. The minimum Gasteiger partial charge on any atom is -0.489 e. The summed E-state index contributed by atoms with van der Waals surface area (Å²) >= 11 is 0. The van der Waals surface area contributed by atoms with Gasteiger partial charge in [0.1, 0.15) is 24.7 Å². The summed E-state index contributed by atoms with van der Waals surface area (Å²) in [4.78, 5) is 0. The second-order valence-corrected chi connectivity index (χ2v) is 9.60. The van der Waals surface area contributed by atoms with Gasteiger partial charge >= 0.3 is 0 Å². The van der Waals surface area contributed by atoms with E-state index in [9.17, 15) is 0 Å². The van der Waals surface area contributed by atoms with E-state index in [0.717, 1.165) is 53.0 Å². The van der Waals surface area contributed by atoms with Crippen molar-refractivity contribution in [2.45, 2.75) is 38.9 Å².